The standard InChI is InChI=1S/C110H99BN4/c1-106(2,3)76-48-60-95-91(62-76)89-56-46-78(108(7,8)9)64-97(89)114(95)83-54-58-93-99(68-83)112(81-50-42-74(43-51-81)103-85(70-30-20-16-21-31-70)38-28-39-86(103)71-32-22-17-23-33-71)101-66-80(110(13,14)15)67-102-105(101)111(93)94-59-55-84(115-96-61-49-77(107(4,5)6)63-92(96)90-57-47-79(65-98(90)115)109(10,11)12)69-100(94)113(102)82-52-44-75(45-53-82)104-87(72-34-24-18-25-35-72)40-29-41-88(104)73-36-26-19-27-37-73/h16-69H,1-15H3. The maximum atomic E-state index is 2.64. The van der Waals surface area contributed by atoms with Crippen molar-refractivity contribution >= 4 is 101 Å². The maximum Gasteiger partial charge on any atom is 0.252 e. The van der Waals surface area contributed by atoms with Gasteiger partial charge in [-0.3, -0.25) is 0 Å². The molecule has 19 rings (SSSR count). The number of hydrogen-bond donors (Lipinski definition) is 0. The fraction of sp³-hybridized carbons (Fsp3) is 0.182. The number of nitrogens with zero attached hydrogens (tertiary/aromatic N) is 4. The molecule has 17 aromatic rings. The fourth-order valence-electron chi connectivity index (χ4n) is 18.4. The molecule has 0 spiro atoms. The second-order valence-electron chi connectivity index (χ2n) is 37.4. The number of fused-ring (bicyclic) bond motifs is 10. The SMILES string of the molecule is CC(C)(C)c1cc2c3c(c1)N(c1ccc(-c4c(-c5ccccc5)cccc4-c4ccccc4)cc1)c1cc(-n4c5ccc(C(C)(C)C)cc5c5ccc(C(C)(C)C)cc54)ccc1B3c1ccc(-n3c4ccc(C(C)(C)C)cc4c4ccc(C(C)(C)C)cc43)cc1N2c1ccc(-c2c(-c3ccccc3)cccc2-c2ccccc2)cc1. The van der Waals surface area contributed by atoms with Gasteiger partial charge in [-0.1, -0.05) is 334 Å². The molecule has 115 heavy (non-hydrogen) atoms. The van der Waals surface area contributed by atoms with E-state index in [2.05, 4.69) is 450 Å². The van der Waals surface area contributed by atoms with E-state index in [-0.39, 0.29) is 33.8 Å². The summed E-state index contributed by atoms with van der Waals surface area (Å²) in [6.45, 7) is 35.0. The Bertz CT molecular complexity index is 6170. The molecule has 2 aliphatic heterocycles. The van der Waals surface area contributed by atoms with Gasteiger partial charge in [-0.2, -0.15) is 0 Å². The van der Waals surface area contributed by atoms with Crippen LogP contribution in [-0.2, 0) is 27.1 Å². The Morgan fingerprint density at radius 1 is 0.209 bits per heavy atom. The average Bonchev–Trinajstić information content (AvgIpc) is 0.911. The van der Waals surface area contributed by atoms with Crippen LogP contribution in [0.15, 0.2) is 328 Å². The van der Waals surface area contributed by atoms with E-state index in [1.54, 1.807) is 0 Å². The van der Waals surface area contributed by atoms with Gasteiger partial charge in [-0.15, -0.1) is 0 Å². The minimum absolute atomic E-state index is 0.0481. The van der Waals surface area contributed by atoms with Gasteiger partial charge < -0.3 is 18.9 Å². The summed E-state index contributed by atoms with van der Waals surface area (Å²) in [5.74, 6) is 0. The fourth-order valence-corrected chi connectivity index (χ4v) is 18.4. The van der Waals surface area contributed by atoms with Crippen molar-refractivity contribution in [3.8, 4) is 78.1 Å². The third kappa shape index (κ3) is 12.5. The molecule has 0 saturated heterocycles. The van der Waals surface area contributed by atoms with Gasteiger partial charge >= 0.3 is 0 Å². The van der Waals surface area contributed by atoms with Crippen molar-refractivity contribution in [2.45, 2.75) is 131 Å². The molecule has 5 heteroatoms. The molecule has 0 amide bonds. The number of benzene rings is 15. The van der Waals surface area contributed by atoms with Crippen LogP contribution in [0.1, 0.15) is 132 Å². The van der Waals surface area contributed by atoms with Crippen LogP contribution < -0.4 is 26.2 Å². The average molecular weight is 1490 g/mol. The Labute approximate surface area is 679 Å². The number of rotatable bonds is 10. The molecule has 2 aromatic heterocycles. The Morgan fingerprint density at radius 3 is 0.835 bits per heavy atom. The smallest absolute Gasteiger partial charge is 0.252 e. The summed E-state index contributed by atoms with van der Waals surface area (Å²) in [4.78, 5) is 5.28. The highest BCUT2D eigenvalue weighted by Crippen LogP contribution is 2.51. The lowest BCUT2D eigenvalue weighted by molar-refractivity contribution is 0.590. The van der Waals surface area contributed by atoms with Gasteiger partial charge in [0.2, 0.25) is 0 Å². The number of anilines is 6. The minimum Gasteiger partial charge on any atom is -0.311 e. The van der Waals surface area contributed by atoms with Gasteiger partial charge in [-0.05, 0) is 235 Å². The van der Waals surface area contributed by atoms with Crippen LogP contribution in [-0.4, -0.2) is 15.8 Å². The first-order valence-corrected chi connectivity index (χ1v) is 41.2. The zero-order valence-corrected chi connectivity index (χ0v) is 69.0. The topological polar surface area (TPSA) is 16.3 Å². The monoisotopic (exact) mass is 1490 g/mol. The summed E-state index contributed by atoms with van der Waals surface area (Å²) in [5.41, 5.74) is 37.7. The van der Waals surface area contributed by atoms with Gasteiger partial charge in [-0.25, -0.2) is 0 Å². The van der Waals surface area contributed by atoms with Crippen molar-refractivity contribution < 1.29 is 0 Å². The Kier molecular flexibility index (Phi) is 17.2. The Balaban J connectivity index is 0.899. The Morgan fingerprint density at radius 2 is 0.513 bits per heavy atom. The second-order valence-corrected chi connectivity index (χ2v) is 37.4. The normalized spacial score (nSPS) is 13.1. The molecular weight excluding hydrogens is 1390 g/mol. The highest BCUT2D eigenvalue weighted by Gasteiger charge is 2.45. The van der Waals surface area contributed by atoms with Gasteiger partial charge in [0, 0.05) is 67.0 Å². The van der Waals surface area contributed by atoms with Crippen LogP contribution >= 0.6 is 0 Å². The van der Waals surface area contributed by atoms with E-state index in [1.807, 2.05) is 0 Å². The Hall–Kier alpha value is -12.4. The van der Waals surface area contributed by atoms with Crippen LogP contribution in [0, 0.1) is 0 Å². The molecule has 0 unspecified atom stereocenters. The second kappa shape index (κ2) is 27.1. The maximum absolute atomic E-state index is 2.64. The molecule has 0 saturated carbocycles. The van der Waals surface area contributed by atoms with Crippen LogP contribution in [0.3, 0.4) is 0 Å². The molecule has 15 aromatic carbocycles. The van der Waals surface area contributed by atoms with Gasteiger partial charge in [0.25, 0.3) is 6.71 Å². The van der Waals surface area contributed by atoms with Crippen LogP contribution in [0.4, 0.5) is 34.1 Å². The third-order valence-electron chi connectivity index (χ3n) is 24.7. The molecular formula is C110H99BN4. The molecule has 0 atom stereocenters. The molecule has 0 radical (unpaired) electrons. The predicted octanol–water partition coefficient (Wildman–Crippen LogP) is 28.5. The van der Waals surface area contributed by atoms with Crippen molar-refractivity contribution in [2.24, 2.45) is 0 Å². The molecule has 0 aliphatic carbocycles. The first-order chi connectivity index (χ1) is 55.2. The molecule has 4 nitrogen and oxygen atoms in total. The molecule has 0 bridgehead atoms. The van der Waals surface area contributed by atoms with Gasteiger partial charge in [0.05, 0.1) is 22.1 Å². The number of hydrogen-bond acceptors (Lipinski definition) is 2. The molecule has 4 heterocycles. The summed E-state index contributed by atoms with van der Waals surface area (Å²) < 4.78 is 5.14. The van der Waals surface area contributed by atoms with E-state index < -0.39 is 0 Å². The minimum atomic E-state index is -0.292. The molecule has 562 valence electrons. The van der Waals surface area contributed by atoms with Crippen molar-refractivity contribution in [1.29, 1.82) is 0 Å². The van der Waals surface area contributed by atoms with Crippen molar-refractivity contribution in [3.05, 3.63) is 355 Å². The quantitative estimate of drug-likeness (QED) is 0.127. The van der Waals surface area contributed by atoms with Crippen LogP contribution in [0.25, 0.3) is 122 Å². The highest BCUT2D eigenvalue weighted by atomic mass is 15.2. The number of aromatic nitrogens is 2. The van der Waals surface area contributed by atoms with Gasteiger partial charge in [0.15, 0.2) is 0 Å². The lowest BCUT2D eigenvalue weighted by Gasteiger charge is -2.45. The van der Waals surface area contributed by atoms with Crippen molar-refractivity contribution in [1.82, 2.24) is 9.13 Å². The zero-order chi connectivity index (χ0) is 79.4. The first-order valence-electron chi connectivity index (χ1n) is 41.2. The molecule has 0 fully saturated rings. The summed E-state index contributed by atoms with van der Waals surface area (Å²) in [6.07, 6.45) is 0. The summed E-state index contributed by atoms with van der Waals surface area (Å²) in [6, 6.07) is 125. The summed E-state index contributed by atoms with van der Waals surface area (Å²) in [5, 5.41) is 5.03. The third-order valence-corrected chi connectivity index (χ3v) is 24.7. The lowest BCUT2D eigenvalue weighted by Crippen LogP contribution is -2.61. The zero-order valence-electron chi connectivity index (χ0n) is 69.0. The van der Waals surface area contributed by atoms with E-state index in [0.29, 0.717) is 0 Å². The lowest BCUT2D eigenvalue weighted by atomic mass is 9.33. The summed E-state index contributed by atoms with van der Waals surface area (Å²) in [7, 11) is 0. The van der Waals surface area contributed by atoms with Crippen molar-refractivity contribution in [3.63, 3.8) is 0 Å². The first kappa shape index (κ1) is 72.8. The molecule has 0 N–H and O–H groups in total. The van der Waals surface area contributed by atoms with E-state index in [0.717, 1.165) is 45.3 Å². The van der Waals surface area contributed by atoms with E-state index in [4.69, 9.17) is 0 Å². The van der Waals surface area contributed by atoms with Crippen molar-refractivity contribution in [2.75, 3.05) is 9.80 Å². The van der Waals surface area contributed by atoms with E-state index in [9.17, 15) is 0 Å². The van der Waals surface area contributed by atoms with Gasteiger partial charge in [0.1, 0.15) is 0 Å². The molecule has 2 aliphatic rings. The summed E-state index contributed by atoms with van der Waals surface area (Å²) >= 11 is 0. The van der Waals surface area contributed by atoms with E-state index >= 15 is 0 Å². The largest absolute Gasteiger partial charge is 0.311 e. The highest BCUT2D eigenvalue weighted by molar-refractivity contribution is 7.00. The van der Waals surface area contributed by atoms with Crippen LogP contribution in [0.5, 0.6) is 0 Å². The van der Waals surface area contributed by atoms with E-state index in [1.165, 1.54) is 155 Å². The van der Waals surface area contributed by atoms with Crippen LogP contribution in [0.2, 0.25) is 0 Å². The predicted molar refractivity (Wildman–Crippen MR) is 495 cm³/mol.